The van der Waals surface area contributed by atoms with Crippen molar-refractivity contribution in [2.45, 2.75) is 38.9 Å². The second kappa shape index (κ2) is 9.18. The lowest BCUT2D eigenvalue weighted by Crippen LogP contribution is -2.28. The Morgan fingerprint density at radius 1 is 1.20 bits per heavy atom. The predicted octanol–water partition coefficient (Wildman–Crippen LogP) is 3.40. The van der Waals surface area contributed by atoms with E-state index in [2.05, 4.69) is 5.32 Å². The standard InChI is InChI=1S/C20H24FNO3/c1-14(2)25-18-5-3-4-16(12-18)19(23)13-22-20(24)11-8-15-6-9-17(21)10-7-15/h3-7,9-10,12,14,19,23H,8,11,13H2,1-2H3,(H,22,24). The monoisotopic (exact) mass is 345 g/mol. The minimum absolute atomic E-state index is 0.0542. The number of nitrogens with one attached hydrogen (secondary N) is 1. The fraction of sp³-hybridized carbons (Fsp3) is 0.350. The van der Waals surface area contributed by atoms with Crippen molar-refractivity contribution in [3.8, 4) is 5.75 Å². The molecule has 1 unspecified atom stereocenters. The van der Waals surface area contributed by atoms with E-state index in [0.717, 1.165) is 5.56 Å². The number of carbonyl (C=O) groups excluding carboxylic acids is 1. The van der Waals surface area contributed by atoms with Crippen LogP contribution in [0.3, 0.4) is 0 Å². The molecule has 134 valence electrons. The highest BCUT2D eigenvalue weighted by Gasteiger charge is 2.11. The van der Waals surface area contributed by atoms with Crippen molar-refractivity contribution in [3.05, 3.63) is 65.5 Å². The van der Waals surface area contributed by atoms with Crippen molar-refractivity contribution < 1.29 is 19.0 Å². The Morgan fingerprint density at radius 2 is 1.92 bits per heavy atom. The number of aryl methyl sites for hydroxylation is 1. The van der Waals surface area contributed by atoms with Crippen LogP contribution in [0.2, 0.25) is 0 Å². The van der Waals surface area contributed by atoms with Gasteiger partial charge in [-0.3, -0.25) is 4.79 Å². The van der Waals surface area contributed by atoms with Gasteiger partial charge in [0.05, 0.1) is 12.2 Å². The van der Waals surface area contributed by atoms with Gasteiger partial charge in [0.15, 0.2) is 0 Å². The highest BCUT2D eigenvalue weighted by atomic mass is 19.1. The molecule has 1 atom stereocenters. The molecule has 0 fully saturated rings. The zero-order chi connectivity index (χ0) is 18.2. The quantitative estimate of drug-likeness (QED) is 0.771. The first-order chi connectivity index (χ1) is 11.9. The van der Waals surface area contributed by atoms with Crippen molar-refractivity contribution in [1.82, 2.24) is 5.32 Å². The van der Waals surface area contributed by atoms with Crippen LogP contribution in [0.4, 0.5) is 4.39 Å². The van der Waals surface area contributed by atoms with Crippen LogP contribution in [-0.4, -0.2) is 23.7 Å². The van der Waals surface area contributed by atoms with Crippen molar-refractivity contribution in [3.63, 3.8) is 0 Å². The lowest BCUT2D eigenvalue weighted by molar-refractivity contribution is -0.121. The average Bonchev–Trinajstić information content (AvgIpc) is 2.59. The third-order valence-corrected chi connectivity index (χ3v) is 3.66. The number of aliphatic hydroxyl groups is 1. The van der Waals surface area contributed by atoms with Crippen molar-refractivity contribution >= 4 is 5.91 Å². The van der Waals surface area contributed by atoms with Gasteiger partial charge in [-0.05, 0) is 55.7 Å². The van der Waals surface area contributed by atoms with Crippen LogP contribution in [0.15, 0.2) is 48.5 Å². The predicted molar refractivity (Wildman–Crippen MR) is 94.9 cm³/mol. The number of hydrogen-bond acceptors (Lipinski definition) is 3. The largest absolute Gasteiger partial charge is 0.491 e. The maximum atomic E-state index is 12.8. The third kappa shape index (κ3) is 6.55. The molecule has 0 heterocycles. The minimum Gasteiger partial charge on any atom is -0.491 e. The molecule has 0 aliphatic carbocycles. The first-order valence-corrected chi connectivity index (χ1v) is 8.40. The van der Waals surface area contributed by atoms with E-state index in [1.165, 1.54) is 12.1 Å². The topological polar surface area (TPSA) is 58.6 Å². The summed E-state index contributed by atoms with van der Waals surface area (Å²) in [5.74, 6) is 0.243. The fourth-order valence-electron chi connectivity index (χ4n) is 2.39. The average molecular weight is 345 g/mol. The molecule has 0 saturated carbocycles. The van der Waals surface area contributed by atoms with Crippen LogP contribution in [0.5, 0.6) is 5.75 Å². The Hall–Kier alpha value is -2.40. The Balaban J connectivity index is 1.79. The van der Waals surface area contributed by atoms with Gasteiger partial charge in [-0.25, -0.2) is 4.39 Å². The fourth-order valence-corrected chi connectivity index (χ4v) is 2.39. The Kier molecular flexibility index (Phi) is 6.95. The van der Waals surface area contributed by atoms with Crippen LogP contribution >= 0.6 is 0 Å². The van der Waals surface area contributed by atoms with E-state index in [0.29, 0.717) is 17.7 Å². The second-order valence-corrected chi connectivity index (χ2v) is 6.19. The summed E-state index contributed by atoms with van der Waals surface area (Å²) >= 11 is 0. The molecule has 1 amide bonds. The van der Waals surface area contributed by atoms with Gasteiger partial charge in [0.25, 0.3) is 0 Å². The van der Waals surface area contributed by atoms with Crippen molar-refractivity contribution in [2.24, 2.45) is 0 Å². The van der Waals surface area contributed by atoms with Crippen LogP contribution in [0, 0.1) is 5.82 Å². The number of halogens is 1. The summed E-state index contributed by atoms with van der Waals surface area (Å²) < 4.78 is 18.4. The zero-order valence-corrected chi connectivity index (χ0v) is 14.5. The highest BCUT2D eigenvalue weighted by Crippen LogP contribution is 2.20. The normalized spacial score (nSPS) is 12.0. The Morgan fingerprint density at radius 3 is 2.60 bits per heavy atom. The van der Waals surface area contributed by atoms with Gasteiger partial charge in [-0.2, -0.15) is 0 Å². The molecule has 5 heteroatoms. The van der Waals surface area contributed by atoms with E-state index in [1.54, 1.807) is 24.3 Å². The molecule has 0 spiro atoms. The summed E-state index contributed by atoms with van der Waals surface area (Å²) in [5, 5.41) is 13.0. The zero-order valence-electron chi connectivity index (χ0n) is 14.5. The molecular formula is C20H24FNO3. The first kappa shape index (κ1) is 18.9. The molecule has 0 aromatic heterocycles. The van der Waals surface area contributed by atoms with Crippen LogP contribution in [-0.2, 0) is 11.2 Å². The van der Waals surface area contributed by atoms with E-state index in [-0.39, 0.29) is 30.8 Å². The summed E-state index contributed by atoms with van der Waals surface area (Å²) in [6.45, 7) is 4.00. The Labute approximate surface area is 147 Å². The lowest BCUT2D eigenvalue weighted by atomic mass is 10.1. The molecule has 2 aromatic rings. The molecule has 2 aromatic carbocycles. The maximum absolute atomic E-state index is 12.8. The number of aliphatic hydroxyl groups excluding tert-OH is 1. The van der Waals surface area contributed by atoms with E-state index in [4.69, 9.17) is 4.74 Å². The smallest absolute Gasteiger partial charge is 0.220 e. The van der Waals surface area contributed by atoms with Gasteiger partial charge in [0, 0.05) is 13.0 Å². The summed E-state index contributed by atoms with van der Waals surface area (Å²) in [7, 11) is 0. The number of rotatable bonds is 8. The van der Waals surface area contributed by atoms with Gasteiger partial charge in [-0.15, -0.1) is 0 Å². The van der Waals surface area contributed by atoms with Gasteiger partial charge < -0.3 is 15.2 Å². The van der Waals surface area contributed by atoms with E-state index >= 15 is 0 Å². The lowest BCUT2D eigenvalue weighted by Gasteiger charge is -2.15. The number of benzene rings is 2. The maximum Gasteiger partial charge on any atom is 0.220 e. The third-order valence-electron chi connectivity index (χ3n) is 3.66. The number of amides is 1. The highest BCUT2D eigenvalue weighted by molar-refractivity contribution is 5.76. The molecule has 0 radical (unpaired) electrons. The summed E-state index contributed by atoms with van der Waals surface area (Å²) in [5.41, 5.74) is 1.59. The van der Waals surface area contributed by atoms with E-state index in [9.17, 15) is 14.3 Å². The molecule has 0 bridgehead atoms. The molecule has 0 saturated heterocycles. The summed E-state index contributed by atoms with van der Waals surface area (Å²) in [4.78, 5) is 11.9. The number of ether oxygens (including phenoxy) is 1. The SMILES string of the molecule is CC(C)Oc1cccc(C(O)CNC(=O)CCc2ccc(F)cc2)c1. The molecule has 0 aliphatic rings. The van der Waals surface area contributed by atoms with E-state index < -0.39 is 6.10 Å². The molecule has 25 heavy (non-hydrogen) atoms. The van der Waals surface area contributed by atoms with Gasteiger partial charge in [0.1, 0.15) is 11.6 Å². The van der Waals surface area contributed by atoms with Gasteiger partial charge in [-0.1, -0.05) is 24.3 Å². The molecule has 0 aliphatic heterocycles. The minimum atomic E-state index is -0.800. The summed E-state index contributed by atoms with van der Waals surface area (Å²) in [6, 6.07) is 13.3. The second-order valence-electron chi connectivity index (χ2n) is 6.19. The molecule has 2 rings (SSSR count). The first-order valence-electron chi connectivity index (χ1n) is 8.40. The Bertz CT molecular complexity index is 686. The van der Waals surface area contributed by atoms with Gasteiger partial charge in [0.2, 0.25) is 5.91 Å². The summed E-state index contributed by atoms with van der Waals surface area (Å²) in [6.07, 6.45) is 0.0680. The van der Waals surface area contributed by atoms with Crippen molar-refractivity contribution in [1.29, 1.82) is 0 Å². The molecular weight excluding hydrogens is 321 g/mol. The van der Waals surface area contributed by atoms with Gasteiger partial charge >= 0.3 is 0 Å². The number of carbonyl (C=O) groups is 1. The van der Waals surface area contributed by atoms with Crippen LogP contribution in [0.1, 0.15) is 37.5 Å². The molecule has 4 nitrogen and oxygen atoms in total. The van der Waals surface area contributed by atoms with E-state index in [1.807, 2.05) is 26.0 Å². The van der Waals surface area contributed by atoms with Crippen LogP contribution < -0.4 is 10.1 Å². The van der Waals surface area contributed by atoms with Crippen LogP contribution in [0.25, 0.3) is 0 Å². The number of hydrogen-bond donors (Lipinski definition) is 2. The molecule has 2 N–H and O–H groups in total. The van der Waals surface area contributed by atoms with Crippen molar-refractivity contribution in [2.75, 3.05) is 6.54 Å².